The van der Waals surface area contributed by atoms with Gasteiger partial charge in [0.15, 0.2) is 0 Å². The van der Waals surface area contributed by atoms with Gasteiger partial charge in [-0.3, -0.25) is 4.79 Å². The van der Waals surface area contributed by atoms with Gasteiger partial charge in [0.25, 0.3) is 0 Å². The number of ether oxygens (including phenoxy) is 2. The maximum Gasteiger partial charge on any atom is 0.309 e. The highest BCUT2D eigenvalue weighted by atomic mass is 16.5. The molecule has 0 spiro atoms. The third-order valence-corrected chi connectivity index (χ3v) is 2.94. The van der Waals surface area contributed by atoms with E-state index in [1.807, 2.05) is 24.3 Å². The van der Waals surface area contributed by atoms with E-state index in [1.165, 1.54) is 0 Å². The van der Waals surface area contributed by atoms with E-state index in [1.54, 1.807) is 7.11 Å². The third-order valence-electron chi connectivity index (χ3n) is 2.94. The number of rotatable bonds is 3. The van der Waals surface area contributed by atoms with Crippen molar-refractivity contribution in [2.45, 2.75) is 5.92 Å². The Morgan fingerprint density at radius 3 is 2.62 bits per heavy atom. The molecule has 1 aromatic rings. The Morgan fingerprint density at radius 1 is 1.38 bits per heavy atom. The zero-order chi connectivity index (χ0) is 11.5. The molecule has 1 heterocycles. The highest BCUT2D eigenvalue weighted by Crippen LogP contribution is 2.31. The molecule has 2 atom stereocenters. The average Bonchev–Trinajstić information content (AvgIpc) is 2.78. The Bertz CT molecular complexity index is 371. The van der Waals surface area contributed by atoms with Gasteiger partial charge in [0.1, 0.15) is 5.75 Å². The molecule has 4 nitrogen and oxygen atoms in total. The Morgan fingerprint density at radius 2 is 2.06 bits per heavy atom. The van der Waals surface area contributed by atoms with Crippen molar-refractivity contribution in [3.8, 4) is 5.75 Å². The normalized spacial score (nSPS) is 24.3. The largest absolute Gasteiger partial charge is 0.497 e. The first-order valence-electron chi connectivity index (χ1n) is 5.17. The van der Waals surface area contributed by atoms with Gasteiger partial charge in [0.05, 0.1) is 26.2 Å². The van der Waals surface area contributed by atoms with Gasteiger partial charge >= 0.3 is 5.97 Å². The zero-order valence-corrected chi connectivity index (χ0v) is 9.05. The molecule has 1 aliphatic heterocycles. The second kappa shape index (κ2) is 4.53. The van der Waals surface area contributed by atoms with E-state index in [9.17, 15) is 4.79 Å². The van der Waals surface area contributed by atoms with Crippen LogP contribution in [0.4, 0.5) is 0 Å². The predicted molar refractivity (Wildman–Crippen MR) is 57.7 cm³/mol. The number of aliphatic carboxylic acids is 1. The van der Waals surface area contributed by atoms with Crippen molar-refractivity contribution in [1.29, 1.82) is 0 Å². The molecule has 1 saturated heterocycles. The number of methoxy groups -OCH3 is 1. The quantitative estimate of drug-likeness (QED) is 0.842. The van der Waals surface area contributed by atoms with Gasteiger partial charge in [0, 0.05) is 5.92 Å². The van der Waals surface area contributed by atoms with Crippen LogP contribution >= 0.6 is 0 Å². The van der Waals surface area contributed by atoms with E-state index in [2.05, 4.69) is 0 Å². The van der Waals surface area contributed by atoms with Crippen LogP contribution in [0.2, 0.25) is 0 Å². The van der Waals surface area contributed by atoms with Crippen molar-refractivity contribution in [2.75, 3.05) is 20.3 Å². The molecule has 1 fully saturated rings. The average molecular weight is 222 g/mol. The van der Waals surface area contributed by atoms with Crippen LogP contribution in [0.25, 0.3) is 0 Å². The Kier molecular flexibility index (Phi) is 3.10. The first kappa shape index (κ1) is 11.0. The minimum Gasteiger partial charge on any atom is -0.497 e. The zero-order valence-electron chi connectivity index (χ0n) is 9.05. The second-order valence-corrected chi connectivity index (χ2v) is 3.86. The van der Waals surface area contributed by atoms with Crippen LogP contribution in [0.1, 0.15) is 11.5 Å². The first-order valence-corrected chi connectivity index (χ1v) is 5.17. The summed E-state index contributed by atoms with van der Waals surface area (Å²) in [5, 5.41) is 9.04. The van der Waals surface area contributed by atoms with Gasteiger partial charge in [-0.25, -0.2) is 0 Å². The van der Waals surface area contributed by atoms with Crippen LogP contribution in [-0.2, 0) is 9.53 Å². The van der Waals surface area contributed by atoms with Crippen molar-refractivity contribution < 1.29 is 19.4 Å². The first-order chi connectivity index (χ1) is 7.72. The molecule has 16 heavy (non-hydrogen) atoms. The van der Waals surface area contributed by atoms with Crippen molar-refractivity contribution in [1.82, 2.24) is 0 Å². The summed E-state index contributed by atoms with van der Waals surface area (Å²) in [6, 6.07) is 7.47. The smallest absolute Gasteiger partial charge is 0.309 e. The summed E-state index contributed by atoms with van der Waals surface area (Å²) in [6.07, 6.45) is 0. The molecule has 1 aromatic carbocycles. The summed E-state index contributed by atoms with van der Waals surface area (Å²) in [4.78, 5) is 11.0. The van der Waals surface area contributed by atoms with Gasteiger partial charge in [-0.05, 0) is 17.7 Å². The number of carboxylic acid groups (broad SMARTS) is 1. The van der Waals surface area contributed by atoms with Crippen molar-refractivity contribution in [2.24, 2.45) is 5.92 Å². The minimum atomic E-state index is -0.793. The van der Waals surface area contributed by atoms with Crippen molar-refractivity contribution >= 4 is 5.97 Å². The topological polar surface area (TPSA) is 55.8 Å². The summed E-state index contributed by atoms with van der Waals surface area (Å²) in [7, 11) is 1.60. The van der Waals surface area contributed by atoms with Gasteiger partial charge in [0.2, 0.25) is 0 Å². The molecule has 1 unspecified atom stereocenters. The molecule has 86 valence electrons. The fraction of sp³-hybridized carbons (Fsp3) is 0.417. The van der Waals surface area contributed by atoms with E-state index in [0.717, 1.165) is 11.3 Å². The van der Waals surface area contributed by atoms with Crippen molar-refractivity contribution in [3.05, 3.63) is 29.8 Å². The molecule has 1 N–H and O–H groups in total. The van der Waals surface area contributed by atoms with Gasteiger partial charge in [-0.15, -0.1) is 0 Å². The van der Waals surface area contributed by atoms with E-state index in [-0.39, 0.29) is 5.92 Å². The fourth-order valence-corrected chi connectivity index (χ4v) is 1.98. The maximum absolute atomic E-state index is 11.0. The van der Waals surface area contributed by atoms with Gasteiger partial charge in [-0.2, -0.15) is 0 Å². The minimum absolute atomic E-state index is 0.0524. The SMILES string of the molecule is COc1ccc([C@@H]2COCC2C(=O)O)cc1. The van der Waals surface area contributed by atoms with Crippen LogP contribution in [0.3, 0.4) is 0 Å². The molecule has 0 bridgehead atoms. The van der Waals surface area contributed by atoms with Crippen molar-refractivity contribution in [3.63, 3.8) is 0 Å². The molecule has 0 amide bonds. The number of carbonyl (C=O) groups is 1. The molecule has 2 rings (SSSR count). The lowest BCUT2D eigenvalue weighted by Crippen LogP contribution is -2.20. The number of hydrogen-bond donors (Lipinski definition) is 1. The summed E-state index contributed by atoms with van der Waals surface area (Å²) >= 11 is 0. The maximum atomic E-state index is 11.0. The predicted octanol–water partition coefficient (Wildman–Crippen LogP) is 1.51. The van der Waals surface area contributed by atoms with Crippen LogP contribution in [0, 0.1) is 5.92 Å². The molecular formula is C12H14O4. The Balaban J connectivity index is 2.19. The summed E-state index contributed by atoms with van der Waals surface area (Å²) in [6.45, 7) is 0.773. The van der Waals surface area contributed by atoms with Crippen LogP contribution < -0.4 is 4.74 Å². The highest BCUT2D eigenvalue weighted by molar-refractivity contribution is 5.72. The Hall–Kier alpha value is -1.55. The van der Waals surface area contributed by atoms with Gasteiger partial charge < -0.3 is 14.6 Å². The van der Waals surface area contributed by atoms with E-state index in [4.69, 9.17) is 14.6 Å². The lowest BCUT2D eigenvalue weighted by Gasteiger charge is -2.14. The van der Waals surface area contributed by atoms with Crippen LogP contribution in [0.5, 0.6) is 5.75 Å². The molecule has 0 aliphatic carbocycles. The lowest BCUT2D eigenvalue weighted by atomic mass is 9.89. The number of carboxylic acids is 1. The van der Waals surface area contributed by atoms with E-state index >= 15 is 0 Å². The van der Waals surface area contributed by atoms with E-state index < -0.39 is 11.9 Å². The summed E-state index contributed by atoms with van der Waals surface area (Å²) in [5.41, 5.74) is 0.991. The van der Waals surface area contributed by atoms with Crippen LogP contribution in [-0.4, -0.2) is 31.4 Å². The summed E-state index contributed by atoms with van der Waals surface area (Å²) < 4.78 is 10.3. The van der Waals surface area contributed by atoms with Crippen LogP contribution in [0.15, 0.2) is 24.3 Å². The number of benzene rings is 1. The number of hydrogen-bond acceptors (Lipinski definition) is 3. The molecule has 0 aromatic heterocycles. The molecule has 0 saturated carbocycles. The third kappa shape index (κ3) is 2.02. The summed E-state index contributed by atoms with van der Waals surface area (Å²) in [5.74, 6) is -0.510. The standard InChI is InChI=1S/C12H14O4/c1-15-9-4-2-8(3-5-9)10-6-16-7-11(10)12(13)14/h2-5,10-11H,6-7H2,1H3,(H,13,14)/t10-,11?/m0/s1. The lowest BCUT2D eigenvalue weighted by molar-refractivity contribution is -0.142. The molecule has 1 aliphatic rings. The molecular weight excluding hydrogens is 208 g/mol. The van der Waals surface area contributed by atoms with E-state index in [0.29, 0.717) is 13.2 Å². The molecule has 4 heteroatoms. The van der Waals surface area contributed by atoms with Gasteiger partial charge in [-0.1, -0.05) is 12.1 Å². The fourth-order valence-electron chi connectivity index (χ4n) is 1.98. The highest BCUT2D eigenvalue weighted by Gasteiger charge is 2.34. The molecule has 0 radical (unpaired) electrons. The monoisotopic (exact) mass is 222 g/mol. The second-order valence-electron chi connectivity index (χ2n) is 3.86. The Labute approximate surface area is 93.8 Å².